The molecule has 152 valence electrons. The van der Waals surface area contributed by atoms with Crippen molar-refractivity contribution in [2.45, 2.75) is 24.4 Å². The van der Waals surface area contributed by atoms with Crippen LogP contribution in [0.25, 0.3) is 0 Å². The molecule has 4 atom stereocenters. The van der Waals surface area contributed by atoms with Gasteiger partial charge in [-0.1, -0.05) is 37.9 Å². The molecule has 0 bridgehead atoms. The van der Waals surface area contributed by atoms with Gasteiger partial charge in [-0.3, -0.25) is 19.3 Å². The molecule has 0 aromatic heterocycles. The summed E-state index contributed by atoms with van der Waals surface area (Å²) in [5, 5.41) is 2.99. The number of amides is 3. The Hall–Kier alpha value is -2.03. The number of halogens is 2. The van der Waals surface area contributed by atoms with Gasteiger partial charge in [0.05, 0.1) is 17.5 Å². The van der Waals surface area contributed by atoms with Crippen LogP contribution in [0.5, 0.6) is 0 Å². The van der Waals surface area contributed by atoms with Crippen molar-refractivity contribution in [3.05, 3.63) is 57.0 Å². The molecule has 30 heavy (non-hydrogen) atoms. The Labute approximate surface area is 189 Å². The van der Waals surface area contributed by atoms with E-state index < -0.39 is 17.4 Å². The van der Waals surface area contributed by atoms with Crippen LogP contribution in [0.3, 0.4) is 0 Å². The van der Waals surface area contributed by atoms with E-state index in [4.69, 9.17) is 0 Å². The molecular weight excluding hydrogens is 514 g/mol. The normalized spacial score (nSPS) is 32.0. The summed E-state index contributed by atoms with van der Waals surface area (Å²) < 4.78 is 1.64. The molecule has 6 nitrogen and oxygen atoms in total. The topological polar surface area (TPSA) is 69.7 Å². The molecule has 0 unspecified atom stereocenters. The maximum Gasteiger partial charge on any atom is 0.250 e. The first kappa shape index (κ1) is 18.7. The zero-order chi connectivity index (χ0) is 20.8. The van der Waals surface area contributed by atoms with Gasteiger partial charge < -0.3 is 5.32 Å². The number of rotatable bonds is 1. The third-order valence-electron chi connectivity index (χ3n) is 7.02. The highest BCUT2D eigenvalue weighted by molar-refractivity contribution is 9.10. The van der Waals surface area contributed by atoms with Crippen LogP contribution in [0.2, 0.25) is 0 Å². The van der Waals surface area contributed by atoms with Gasteiger partial charge in [-0.2, -0.15) is 0 Å². The lowest BCUT2D eigenvalue weighted by Gasteiger charge is -2.36. The van der Waals surface area contributed by atoms with E-state index in [9.17, 15) is 14.4 Å². The van der Waals surface area contributed by atoms with Crippen LogP contribution < -0.4 is 10.2 Å². The van der Waals surface area contributed by atoms with Crippen molar-refractivity contribution in [1.82, 2.24) is 4.90 Å². The number of hydrogen-bond acceptors (Lipinski definition) is 4. The van der Waals surface area contributed by atoms with Crippen LogP contribution in [-0.2, 0) is 19.9 Å². The molecule has 6 rings (SSSR count). The molecule has 4 aliphatic rings. The molecule has 3 fully saturated rings. The summed E-state index contributed by atoms with van der Waals surface area (Å²) in [6.07, 6.45) is 1.72. The molecular formula is C22H17Br2N3O3. The SMILES string of the molecule is O=C1[C@@H]2[C@@H]3CCCN3[C@]3(C(=O)Nc4ccc(Br)cc43)[C@H]2C(=O)N1c1cccc(Br)c1. The van der Waals surface area contributed by atoms with Crippen LogP contribution in [0.15, 0.2) is 51.4 Å². The standard InChI is InChI=1S/C22H17Br2N3O3/c23-11-3-1-4-13(9-11)27-19(28)17-16-5-2-8-26(16)22(18(17)20(27)29)14-10-12(24)6-7-15(14)25-21(22)30/h1,3-4,6-7,9-10,16-18H,2,5,8H2,(H,25,30)/t16-,17+,18+,22-/m0/s1. The first-order valence-corrected chi connectivity index (χ1v) is 11.5. The molecule has 0 aliphatic carbocycles. The number of fused-ring (bicyclic) bond motifs is 7. The van der Waals surface area contributed by atoms with Gasteiger partial charge in [-0.25, -0.2) is 4.90 Å². The molecule has 3 amide bonds. The zero-order valence-electron chi connectivity index (χ0n) is 15.8. The Bertz CT molecular complexity index is 1150. The van der Waals surface area contributed by atoms with E-state index in [-0.39, 0.29) is 23.8 Å². The Morgan fingerprint density at radius 3 is 2.60 bits per heavy atom. The van der Waals surface area contributed by atoms with Gasteiger partial charge in [0.1, 0.15) is 5.54 Å². The Morgan fingerprint density at radius 2 is 1.80 bits per heavy atom. The van der Waals surface area contributed by atoms with Gasteiger partial charge in [-0.05, 0) is 55.8 Å². The summed E-state index contributed by atoms with van der Waals surface area (Å²) in [7, 11) is 0. The van der Waals surface area contributed by atoms with Crippen molar-refractivity contribution in [3.63, 3.8) is 0 Å². The lowest BCUT2D eigenvalue weighted by Crippen LogP contribution is -2.54. The van der Waals surface area contributed by atoms with E-state index in [1.54, 1.807) is 18.2 Å². The minimum Gasteiger partial charge on any atom is -0.324 e. The fourth-order valence-electron chi connectivity index (χ4n) is 6.04. The first-order valence-electron chi connectivity index (χ1n) is 9.96. The first-order chi connectivity index (χ1) is 14.4. The van der Waals surface area contributed by atoms with E-state index in [1.807, 2.05) is 24.3 Å². The summed E-state index contributed by atoms with van der Waals surface area (Å²) in [5.74, 6) is -1.94. The monoisotopic (exact) mass is 529 g/mol. The molecule has 0 radical (unpaired) electrons. The van der Waals surface area contributed by atoms with Crippen LogP contribution in [0.4, 0.5) is 11.4 Å². The second-order valence-electron chi connectivity index (χ2n) is 8.31. The zero-order valence-corrected chi connectivity index (χ0v) is 18.9. The van der Waals surface area contributed by atoms with Gasteiger partial charge in [-0.15, -0.1) is 0 Å². The van der Waals surface area contributed by atoms with E-state index in [0.717, 1.165) is 33.0 Å². The number of carbonyl (C=O) groups is 3. The summed E-state index contributed by atoms with van der Waals surface area (Å²) in [6.45, 7) is 0.703. The summed E-state index contributed by atoms with van der Waals surface area (Å²) >= 11 is 6.95. The smallest absolute Gasteiger partial charge is 0.250 e. The Kier molecular flexibility index (Phi) is 3.90. The quantitative estimate of drug-likeness (QED) is 0.571. The number of hydrogen-bond donors (Lipinski definition) is 1. The predicted molar refractivity (Wildman–Crippen MR) is 118 cm³/mol. The third kappa shape index (κ3) is 2.14. The number of imide groups is 1. The average molecular weight is 531 g/mol. The maximum atomic E-state index is 13.8. The fraction of sp³-hybridized carbons (Fsp3) is 0.318. The minimum atomic E-state index is -1.14. The Balaban J connectivity index is 1.57. The maximum absolute atomic E-state index is 13.8. The van der Waals surface area contributed by atoms with Crippen LogP contribution in [-0.4, -0.2) is 35.2 Å². The highest BCUT2D eigenvalue weighted by Crippen LogP contribution is 2.60. The van der Waals surface area contributed by atoms with Gasteiger partial charge in [0.15, 0.2) is 0 Å². The van der Waals surface area contributed by atoms with Crippen LogP contribution in [0.1, 0.15) is 18.4 Å². The van der Waals surface area contributed by atoms with Gasteiger partial charge >= 0.3 is 0 Å². The molecule has 3 saturated heterocycles. The molecule has 2 aromatic rings. The Morgan fingerprint density at radius 1 is 1.00 bits per heavy atom. The molecule has 2 aromatic carbocycles. The van der Waals surface area contributed by atoms with Crippen molar-refractivity contribution in [2.24, 2.45) is 11.8 Å². The highest BCUT2D eigenvalue weighted by atomic mass is 79.9. The van der Waals surface area contributed by atoms with E-state index >= 15 is 0 Å². The van der Waals surface area contributed by atoms with Crippen molar-refractivity contribution < 1.29 is 14.4 Å². The van der Waals surface area contributed by atoms with Crippen molar-refractivity contribution in [2.75, 3.05) is 16.8 Å². The van der Waals surface area contributed by atoms with E-state index in [1.165, 1.54) is 4.90 Å². The van der Waals surface area contributed by atoms with Crippen LogP contribution in [0, 0.1) is 11.8 Å². The largest absolute Gasteiger partial charge is 0.324 e. The molecule has 1 N–H and O–H groups in total. The fourth-order valence-corrected chi connectivity index (χ4v) is 6.79. The minimum absolute atomic E-state index is 0.112. The number of nitrogens with zero attached hydrogens (tertiary/aromatic N) is 2. The van der Waals surface area contributed by atoms with E-state index in [0.29, 0.717) is 12.2 Å². The molecule has 4 heterocycles. The van der Waals surface area contributed by atoms with Gasteiger partial charge in [0, 0.05) is 26.2 Å². The number of nitrogens with one attached hydrogen (secondary N) is 1. The number of benzene rings is 2. The molecule has 4 aliphatic heterocycles. The highest BCUT2D eigenvalue weighted by Gasteiger charge is 2.74. The lowest BCUT2D eigenvalue weighted by atomic mass is 9.75. The number of carbonyl (C=O) groups excluding carboxylic acids is 3. The average Bonchev–Trinajstić information content (AvgIpc) is 3.40. The lowest BCUT2D eigenvalue weighted by molar-refractivity contribution is -0.135. The second kappa shape index (κ2) is 6.24. The van der Waals surface area contributed by atoms with Crippen molar-refractivity contribution >= 4 is 61.0 Å². The summed E-state index contributed by atoms with van der Waals surface area (Å²) in [5.41, 5.74) is 0.911. The van der Waals surface area contributed by atoms with Crippen LogP contribution >= 0.6 is 31.9 Å². The van der Waals surface area contributed by atoms with Gasteiger partial charge in [0.25, 0.3) is 0 Å². The summed E-state index contributed by atoms with van der Waals surface area (Å²) in [6, 6.07) is 12.7. The third-order valence-corrected chi connectivity index (χ3v) is 8.01. The molecule has 8 heteroatoms. The van der Waals surface area contributed by atoms with Gasteiger partial charge in [0.2, 0.25) is 17.7 Å². The molecule has 0 saturated carbocycles. The van der Waals surface area contributed by atoms with Crippen molar-refractivity contribution in [3.8, 4) is 0 Å². The summed E-state index contributed by atoms with van der Waals surface area (Å²) in [4.78, 5) is 44.4. The molecule has 1 spiro atoms. The predicted octanol–water partition coefficient (Wildman–Crippen LogP) is 3.64. The van der Waals surface area contributed by atoms with Crippen molar-refractivity contribution in [1.29, 1.82) is 0 Å². The number of anilines is 2. The second-order valence-corrected chi connectivity index (χ2v) is 10.1. The van der Waals surface area contributed by atoms with E-state index in [2.05, 4.69) is 42.1 Å².